The number of anilines is 22. The fourth-order valence-corrected chi connectivity index (χ4v) is 13.4. The Kier molecular flexibility index (Phi) is 37.4. The number of H-pyrrole nitrogens is 1. The van der Waals surface area contributed by atoms with E-state index in [9.17, 15) is 14.4 Å². The molecule has 32 nitrogen and oxygen atoms in total. The molecule has 7 heterocycles. The SMILES string of the molecule is CC(=O)Nc1cccc(Nc2nc(NC(C)(C)C)ncc2C)c1.CC(=O)Nc1cccc(Nc2nc(NC(C)(C)C)ncc2C)c1C.Cc1cc(C)cc(Nc2nc(NC(C)(C)C)ncc2C)c1.Cc1cnc(NC(C)(C)C)nc1Nc1ccc(Cl)c2[nH]ccc12.Cc1cnc(NC(C)(C)C)nc1Nc1cccc(C)c1C.Cc1cnc(NC(C)(C)C)nc1Nc1cccc(NC(=O)Nc2ccccc2)c1. The van der Waals surface area contributed by atoms with Crippen LogP contribution in [0.15, 0.2) is 195 Å². The van der Waals surface area contributed by atoms with Crippen molar-refractivity contribution in [2.45, 2.75) is 248 Å². The lowest BCUT2D eigenvalue weighted by Gasteiger charge is -2.21. The van der Waals surface area contributed by atoms with Crippen LogP contribution in [0.1, 0.15) is 200 Å². The fourth-order valence-electron chi connectivity index (χ4n) is 13.2. The predicted octanol–water partition coefficient (Wildman–Crippen LogP) is 26.7. The van der Waals surface area contributed by atoms with Crippen molar-refractivity contribution in [3.63, 3.8) is 0 Å². The minimum atomic E-state index is -0.303. The molecule has 7 aromatic carbocycles. The van der Waals surface area contributed by atoms with Gasteiger partial charge in [-0.2, -0.15) is 29.9 Å². The molecule has 0 spiro atoms. The summed E-state index contributed by atoms with van der Waals surface area (Å²) in [4.78, 5) is 91.2. The number of carbonyl (C=O) groups excluding carboxylic acids is 3. The largest absolute Gasteiger partial charge is 0.360 e. The van der Waals surface area contributed by atoms with Gasteiger partial charge in [0.2, 0.25) is 47.5 Å². The van der Waals surface area contributed by atoms with Gasteiger partial charge in [-0.15, -0.1) is 0 Å². The first-order chi connectivity index (χ1) is 66.0. The van der Waals surface area contributed by atoms with Crippen LogP contribution in [0.3, 0.4) is 0 Å². The lowest BCUT2D eigenvalue weighted by molar-refractivity contribution is -0.115. The van der Waals surface area contributed by atoms with E-state index < -0.39 is 0 Å². The standard InChI is InChI=1S/C22H26N6O.C18H25N5O.C17H20ClN5.C17H23N5O.2C17H24N4/c1-15-14-23-20(28-22(2,3)4)27-19(15)24-17-11-8-12-18(13-17)26-21(29)25-16-9-6-5-7-10-16;1-11-10-19-17(23-18(4,5)6)22-16(11)21-15-9-7-8-14(12(15)2)20-13(3)24;1-10-9-20-16(23-17(2,3)4)22-15(10)21-13-6-5-12(18)14-11(13)7-8-19-14;1-11-10-18-16(22-17(3,4)5)21-15(11)20-14-8-6-7-13(9-14)19-12(2)23;1-11-7-12(2)9-14(8-11)19-15-13(3)10-18-16(20-15)21-17(4,5)6;1-11-8-7-9-14(13(11)3)19-15-12(2)10-18-16(20-15)21-17(4,5)6/h5-14H,1-4H3,(H2,25,26,29)(H2,23,24,27,28);7-10H,1-6H3,(H,20,24)(H2,19,21,22,23);5-9,19H,1-4H3,(H2,20,21,22,23);6-10H,1-5H3,(H,19,23)(H2,18,20,21,22);2*7-10H,1-6H3,(H2,18,19,20,21). The Morgan fingerprint density at radius 3 is 0.950 bits per heavy atom. The molecule has 7 aromatic heterocycles. The number of halogens is 1. The number of aromatic amines is 1. The second kappa shape index (κ2) is 48.3. The van der Waals surface area contributed by atoms with Gasteiger partial charge in [-0.1, -0.05) is 66.2 Å². The average Bonchev–Trinajstić information content (AvgIpc) is 1.70. The van der Waals surface area contributed by atoms with E-state index >= 15 is 0 Å². The molecule has 0 aliphatic heterocycles. The number of benzene rings is 7. The first kappa shape index (κ1) is 109. The van der Waals surface area contributed by atoms with Crippen molar-refractivity contribution in [1.82, 2.24) is 64.8 Å². The highest BCUT2D eigenvalue weighted by Crippen LogP contribution is 2.35. The Balaban J connectivity index is 0.000000190. The number of carbonyl (C=O) groups is 3. The highest BCUT2D eigenvalue weighted by Gasteiger charge is 2.22. The average molecular weight is 1930 g/mol. The van der Waals surface area contributed by atoms with E-state index in [1.165, 1.54) is 36.1 Å². The molecule has 4 amide bonds. The number of amides is 4. The molecule has 0 radical (unpaired) electrons. The second-order valence-electron chi connectivity index (χ2n) is 40.8. The number of hydrogen-bond acceptors (Lipinski definition) is 27. The summed E-state index contributed by atoms with van der Waals surface area (Å²) in [5, 5.41) is 52.7. The van der Waals surface area contributed by atoms with Crippen LogP contribution in [-0.4, -0.2) is 116 Å². The number of fused-ring (bicyclic) bond motifs is 1. The molecule has 0 saturated heterocycles. The molecule has 17 N–H and O–H groups in total. The zero-order valence-corrected chi connectivity index (χ0v) is 88.2. The van der Waals surface area contributed by atoms with Gasteiger partial charge in [0.25, 0.3) is 0 Å². The van der Waals surface area contributed by atoms with Gasteiger partial charge < -0.3 is 90.1 Å². The lowest BCUT2D eigenvalue weighted by atomic mass is 10.1. The third kappa shape index (κ3) is 37.5. The summed E-state index contributed by atoms with van der Waals surface area (Å²) in [7, 11) is 0. The van der Waals surface area contributed by atoms with Crippen LogP contribution in [0.2, 0.25) is 5.02 Å². The Labute approximate surface area is 836 Å². The summed E-state index contributed by atoms with van der Waals surface area (Å²) < 4.78 is 0. The smallest absolute Gasteiger partial charge is 0.323 e. The number of aromatic nitrogens is 13. The highest BCUT2D eigenvalue weighted by molar-refractivity contribution is 6.35. The Morgan fingerprint density at radius 2 is 0.582 bits per heavy atom. The number of hydrogen-bond donors (Lipinski definition) is 17. The molecule has 0 aliphatic rings. The van der Waals surface area contributed by atoms with E-state index in [0.717, 1.165) is 130 Å². The lowest BCUT2D eigenvalue weighted by Crippen LogP contribution is -2.27. The molecule has 33 heteroatoms. The van der Waals surface area contributed by atoms with Crippen molar-refractivity contribution < 1.29 is 14.4 Å². The Morgan fingerprint density at radius 1 is 0.277 bits per heavy atom. The van der Waals surface area contributed by atoms with Gasteiger partial charge >= 0.3 is 6.03 Å². The number of aryl methyl sites for hydroxylation is 9. The van der Waals surface area contributed by atoms with Gasteiger partial charge in [0.05, 0.1) is 10.5 Å². The van der Waals surface area contributed by atoms with E-state index in [4.69, 9.17) is 11.6 Å². The molecular weight excluding hydrogens is 1790 g/mol. The summed E-state index contributed by atoms with van der Waals surface area (Å²) in [5.74, 6) is 8.01. The summed E-state index contributed by atoms with van der Waals surface area (Å²) in [6.45, 7) is 62.5. The summed E-state index contributed by atoms with van der Waals surface area (Å²) in [6.07, 6.45) is 12.7. The third-order valence-electron chi connectivity index (χ3n) is 19.8. The van der Waals surface area contributed by atoms with E-state index in [2.05, 4.69) is 339 Å². The molecule has 0 bridgehead atoms. The minimum Gasteiger partial charge on any atom is -0.360 e. The van der Waals surface area contributed by atoms with Crippen LogP contribution in [0.25, 0.3) is 10.9 Å². The first-order valence-electron chi connectivity index (χ1n) is 46.7. The predicted molar refractivity (Wildman–Crippen MR) is 587 cm³/mol. The fraction of sp³-hybridized carbons (Fsp3) is 0.343. The van der Waals surface area contributed by atoms with Crippen LogP contribution in [-0.2, 0) is 9.59 Å². The molecule has 0 fully saturated rings. The maximum atomic E-state index is 12.2. The van der Waals surface area contributed by atoms with E-state index in [-0.39, 0.29) is 51.1 Å². The van der Waals surface area contributed by atoms with Crippen LogP contribution < -0.4 is 85.1 Å². The van der Waals surface area contributed by atoms with Crippen molar-refractivity contribution in [2.75, 3.05) is 85.1 Å². The van der Waals surface area contributed by atoms with Crippen LogP contribution >= 0.6 is 11.6 Å². The van der Waals surface area contributed by atoms with Crippen LogP contribution in [0.4, 0.5) is 132 Å². The van der Waals surface area contributed by atoms with Gasteiger partial charge in [0.1, 0.15) is 34.9 Å². The van der Waals surface area contributed by atoms with Crippen LogP contribution in [0, 0.1) is 76.2 Å². The maximum absolute atomic E-state index is 12.2. The quantitative estimate of drug-likeness (QED) is 0.0300. The maximum Gasteiger partial charge on any atom is 0.323 e. The number of urea groups is 1. The summed E-state index contributed by atoms with van der Waals surface area (Å²) in [5.41, 5.74) is 20.6. The second-order valence-corrected chi connectivity index (χ2v) is 41.2. The van der Waals surface area contributed by atoms with E-state index in [0.29, 0.717) is 52.2 Å². The van der Waals surface area contributed by atoms with Crippen molar-refractivity contribution in [3.05, 3.63) is 261 Å². The first-order valence-corrected chi connectivity index (χ1v) is 47.1. The molecule has 744 valence electrons. The monoisotopic (exact) mass is 1930 g/mol. The number of nitrogens with zero attached hydrogens (tertiary/aromatic N) is 12. The van der Waals surface area contributed by atoms with E-state index in [1.54, 1.807) is 18.6 Å². The molecule has 0 aliphatic carbocycles. The molecule has 14 aromatic rings. The van der Waals surface area contributed by atoms with Crippen molar-refractivity contribution >= 4 is 168 Å². The Bertz CT molecular complexity index is 6580. The van der Waals surface area contributed by atoms with Crippen molar-refractivity contribution in [1.29, 1.82) is 0 Å². The minimum absolute atomic E-state index is 0.0630. The molecular formula is C108H142ClN29O3. The van der Waals surface area contributed by atoms with E-state index in [1.807, 2.05) is 189 Å². The number of nitrogens with one attached hydrogen (secondary N) is 17. The molecule has 0 unspecified atom stereocenters. The van der Waals surface area contributed by atoms with Gasteiger partial charge in [-0.3, -0.25) is 9.59 Å². The molecule has 141 heavy (non-hydrogen) atoms. The topological polar surface area (TPSA) is 414 Å². The number of para-hydroxylation sites is 1. The van der Waals surface area contributed by atoms with Gasteiger partial charge in [0.15, 0.2) is 0 Å². The summed E-state index contributed by atoms with van der Waals surface area (Å²) in [6, 6.07) is 48.1. The highest BCUT2D eigenvalue weighted by atomic mass is 35.5. The van der Waals surface area contributed by atoms with Crippen molar-refractivity contribution in [2.24, 2.45) is 0 Å². The number of rotatable bonds is 22. The Hall–Kier alpha value is -15.3. The van der Waals surface area contributed by atoms with Crippen LogP contribution in [0.5, 0.6) is 0 Å². The molecule has 14 rings (SSSR count). The zero-order valence-electron chi connectivity index (χ0n) is 87.4. The van der Waals surface area contributed by atoms with Gasteiger partial charge in [-0.05, 0) is 326 Å². The van der Waals surface area contributed by atoms with Gasteiger partial charge in [0, 0.05) is 186 Å². The normalized spacial score (nSPS) is 11.2. The molecule has 0 atom stereocenters. The molecule has 0 saturated carbocycles. The summed E-state index contributed by atoms with van der Waals surface area (Å²) >= 11 is 6.21. The van der Waals surface area contributed by atoms with Crippen molar-refractivity contribution in [3.8, 4) is 0 Å². The van der Waals surface area contributed by atoms with Gasteiger partial charge in [-0.25, -0.2) is 34.7 Å². The third-order valence-corrected chi connectivity index (χ3v) is 20.1. The zero-order chi connectivity index (χ0) is 104.